The van der Waals surface area contributed by atoms with Gasteiger partial charge in [0.25, 0.3) is 5.56 Å². The van der Waals surface area contributed by atoms with Gasteiger partial charge in [-0.25, -0.2) is 5.10 Å². The molecule has 0 saturated carbocycles. The zero-order valence-corrected chi connectivity index (χ0v) is 6.71. The topological polar surface area (TPSA) is 71.8 Å². The smallest absolute Gasteiger partial charge is 0.294 e. The molecule has 2 rings (SSSR count). The highest BCUT2D eigenvalue weighted by molar-refractivity contribution is 5.81. The van der Waals surface area contributed by atoms with Gasteiger partial charge in [-0.1, -0.05) is 5.16 Å². The lowest BCUT2D eigenvalue weighted by Gasteiger charge is -1.90. The van der Waals surface area contributed by atoms with Gasteiger partial charge in [-0.05, 0) is 13.8 Å². The molecule has 2 aromatic heterocycles. The highest BCUT2D eigenvalue weighted by atomic mass is 16.5. The van der Waals surface area contributed by atoms with Gasteiger partial charge in [-0.15, -0.1) is 0 Å². The lowest BCUT2D eigenvalue weighted by Crippen LogP contribution is -2.09. The van der Waals surface area contributed by atoms with Crippen LogP contribution in [0.1, 0.15) is 11.5 Å². The van der Waals surface area contributed by atoms with E-state index < -0.39 is 0 Å². The van der Waals surface area contributed by atoms with Gasteiger partial charge in [0.05, 0.1) is 11.1 Å². The van der Waals surface area contributed by atoms with Crippen LogP contribution >= 0.6 is 0 Å². The number of rotatable bonds is 0. The number of aromatic amines is 1. The fourth-order valence-electron chi connectivity index (χ4n) is 1.20. The summed E-state index contributed by atoms with van der Waals surface area (Å²) in [6.45, 7) is 3.55. The van der Waals surface area contributed by atoms with Gasteiger partial charge in [-0.3, -0.25) is 4.79 Å². The number of nitrogens with zero attached hydrogens (tertiary/aromatic N) is 2. The maximum Gasteiger partial charge on any atom is 0.294 e. The van der Waals surface area contributed by atoms with Crippen LogP contribution in [0, 0.1) is 13.8 Å². The third-order valence-corrected chi connectivity index (χ3v) is 1.76. The fraction of sp³-hybridized carbons (Fsp3) is 0.286. The largest absolute Gasteiger partial charge is 0.360 e. The van der Waals surface area contributed by atoms with Crippen LogP contribution in [0.2, 0.25) is 0 Å². The molecule has 0 saturated heterocycles. The van der Waals surface area contributed by atoms with Crippen molar-refractivity contribution in [2.45, 2.75) is 13.8 Å². The average molecular weight is 165 g/mol. The summed E-state index contributed by atoms with van der Waals surface area (Å²) in [5.74, 6) is 0.626. The Hall–Kier alpha value is -1.65. The van der Waals surface area contributed by atoms with Gasteiger partial charge in [0.1, 0.15) is 5.76 Å². The van der Waals surface area contributed by atoms with Crippen molar-refractivity contribution < 1.29 is 4.52 Å². The van der Waals surface area contributed by atoms with E-state index in [1.54, 1.807) is 13.8 Å². The summed E-state index contributed by atoms with van der Waals surface area (Å²) in [6, 6.07) is 0. The third-order valence-electron chi connectivity index (χ3n) is 1.76. The monoisotopic (exact) mass is 165 g/mol. The molecule has 0 aliphatic carbocycles. The van der Waals surface area contributed by atoms with Crippen molar-refractivity contribution in [2.75, 3.05) is 0 Å². The molecule has 2 aromatic rings. The Morgan fingerprint density at radius 2 is 2.17 bits per heavy atom. The van der Waals surface area contributed by atoms with E-state index in [1.165, 1.54) is 0 Å². The van der Waals surface area contributed by atoms with Crippen molar-refractivity contribution in [1.29, 1.82) is 0 Å². The summed E-state index contributed by atoms with van der Waals surface area (Å²) < 4.78 is 4.87. The quantitative estimate of drug-likeness (QED) is 0.618. The Balaban J connectivity index is 3.09. The van der Waals surface area contributed by atoms with Crippen LogP contribution in [0.15, 0.2) is 9.32 Å². The summed E-state index contributed by atoms with van der Waals surface area (Å²) in [5.41, 5.74) is 0.732. The lowest BCUT2D eigenvalue weighted by molar-refractivity contribution is 0.405. The van der Waals surface area contributed by atoms with Gasteiger partial charge in [-0.2, -0.15) is 5.10 Å². The normalized spacial score (nSPS) is 10.8. The molecule has 2 heterocycles. The molecular weight excluding hydrogens is 158 g/mol. The first-order valence-electron chi connectivity index (χ1n) is 3.51. The van der Waals surface area contributed by atoms with E-state index in [1.807, 2.05) is 0 Å². The minimum atomic E-state index is -0.313. The van der Waals surface area contributed by atoms with Crippen LogP contribution in [-0.2, 0) is 0 Å². The first-order valence-corrected chi connectivity index (χ1v) is 3.51. The predicted octanol–water partition coefficient (Wildman–Crippen LogP) is 0.528. The lowest BCUT2D eigenvalue weighted by atomic mass is 10.2. The average Bonchev–Trinajstić information content (AvgIpc) is 2.42. The third kappa shape index (κ3) is 0.761. The van der Waals surface area contributed by atoms with Crippen LogP contribution in [-0.4, -0.2) is 15.4 Å². The molecule has 0 amide bonds. The van der Waals surface area contributed by atoms with Crippen molar-refractivity contribution in [2.24, 2.45) is 0 Å². The molecular formula is C7H7N3O2. The van der Waals surface area contributed by atoms with Gasteiger partial charge < -0.3 is 4.52 Å². The number of fused-ring (bicyclic) bond motifs is 1. The Labute approximate surface area is 67.4 Å². The molecule has 0 spiro atoms. The Bertz CT molecular complexity index is 483. The van der Waals surface area contributed by atoms with Crippen LogP contribution < -0.4 is 5.56 Å². The molecule has 0 radical (unpaired) electrons. The molecule has 0 aromatic carbocycles. The van der Waals surface area contributed by atoms with E-state index >= 15 is 0 Å². The maximum absolute atomic E-state index is 11.1. The summed E-state index contributed by atoms with van der Waals surface area (Å²) in [4.78, 5) is 11.1. The zero-order valence-electron chi connectivity index (χ0n) is 6.71. The first kappa shape index (κ1) is 7.02. The van der Waals surface area contributed by atoms with Crippen molar-refractivity contribution in [3.8, 4) is 0 Å². The van der Waals surface area contributed by atoms with E-state index in [4.69, 9.17) is 4.52 Å². The second kappa shape index (κ2) is 2.17. The Morgan fingerprint density at radius 3 is 2.83 bits per heavy atom. The summed E-state index contributed by atoms with van der Waals surface area (Å²) >= 11 is 0. The number of hydrogen-bond acceptors (Lipinski definition) is 4. The molecule has 5 heteroatoms. The number of hydrogen-bond donors (Lipinski definition) is 1. The van der Waals surface area contributed by atoms with E-state index in [2.05, 4.69) is 15.4 Å². The number of nitrogens with one attached hydrogen (secondary N) is 1. The highest BCUT2D eigenvalue weighted by Gasteiger charge is 2.10. The molecule has 0 atom stereocenters. The van der Waals surface area contributed by atoms with Gasteiger partial charge in [0, 0.05) is 0 Å². The molecule has 0 fully saturated rings. The zero-order chi connectivity index (χ0) is 8.72. The molecule has 62 valence electrons. The van der Waals surface area contributed by atoms with Crippen LogP contribution in [0.3, 0.4) is 0 Å². The molecule has 0 aliphatic rings. The Kier molecular flexibility index (Phi) is 1.27. The molecule has 0 unspecified atom stereocenters. The highest BCUT2D eigenvalue weighted by Crippen LogP contribution is 2.15. The molecule has 0 aliphatic heterocycles. The Morgan fingerprint density at radius 1 is 1.42 bits per heavy atom. The van der Waals surface area contributed by atoms with E-state index in [-0.39, 0.29) is 5.56 Å². The number of aryl methyl sites for hydroxylation is 2. The minimum Gasteiger partial charge on any atom is -0.360 e. The molecule has 1 N–H and O–H groups in total. The molecule has 12 heavy (non-hydrogen) atoms. The van der Waals surface area contributed by atoms with Gasteiger partial charge in [0.2, 0.25) is 0 Å². The minimum absolute atomic E-state index is 0.313. The predicted molar refractivity (Wildman–Crippen MR) is 41.9 cm³/mol. The maximum atomic E-state index is 11.1. The first-order chi connectivity index (χ1) is 5.70. The molecule has 0 bridgehead atoms. The van der Waals surface area contributed by atoms with Crippen LogP contribution in [0.4, 0.5) is 0 Å². The van der Waals surface area contributed by atoms with Crippen LogP contribution in [0.25, 0.3) is 10.9 Å². The number of H-pyrrole nitrogens is 1. The fourth-order valence-corrected chi connectivity index (χ4v) is 1.20. The number of aromatic nitrogens is 3. The summed E-state index contributed by atoms with van der Waals surface area (Å²) in [5, 5.41) is 10.5. The van der Waals surface area contributed by atoms with E-state index in [9.17, 15) is 4.79 Å². The second-order valence-corrected chi connectivity index (χ2v) is 2.60. The van der Waals surface area contributed by atoms with Gasteiger partial charge in [0.15, 0.2) is 5.52 Å². The van der Waals surface area contributed by atoms with E-state index in [0.29, 0.717) is 16.7 Å². The standard InChI is InChI=1S/C7H7N3O2/c1-3-5-4(2)12-10-6(5)7(11)9-8-3/h1-2H3,(H,9,11). The second-order valence-electron chi connectivity index (χ2n) is 2.60. The SMILES string of the molecule is Cc1n[nH]c(=O)c2noc(C)c12. The molecule has 5 nitrogen and oxygen atoms in total. The van der Waals surface area contributed by atoms with Crippen molar-refractivity contribution in [3.63, 3.8) is 0 Å². The van der Waals surface area contributed by atoms with Crippen LogP contribution in [0.5, 0.6) is 0 Å². The van der Waals surface area contributed by atoms with Crippen molar-refractivity contribution in [1.82, 2.24) is 15.4 Å². The summed E-state index contributed by atoms with van der Waals surface area (Å²) in [7, 11) is 0. The van der Waals surface area contributed by atoms with Crippen molar-refractivity contribution in [3.05, 3.63) is 21.8 Å². The summed E-state index contributed by atoms with van der Waals surface area (Å²) in [6.07, 6.45) is 0. The van der Waals surface area contributed by atoms with E-state index in [0.717, 1.165) is 5.69 Å². The van der Waals surface area contributed by atoms with Gasteiger partial charge >= 0.3 is 0 Å². The van der Waals surface area contributed by atoms with Crippen molar-refractivity contribution >= 4 is 10.9 Å².